The summed E-state index contributed by atoms with van der Waals surface area (Å²) >= 11 is 1.34. The Bertz CT molecular complexity index is 570. The molecule has 0 saturated heterocycles. The lowest BCUT2D eigenvalue weighted by atomic mass is 10.0. The van der Waals surface area contributed by atoms with Crippen molar-refractivity contribution >= 4 is 17.2 Å². The molecule has 0 spiro atoms. The molecule has 21 heavy (non-hydrogen) atoms. The largest absolute Gasteiger partial charge is 0.375 e. The van der Waals surface area contributed by atoms with E-state index in [1.165, 1.54) is 11.3 Å². The monoisotopic (exact) mass is 306 g/mol. The first-order valence-electron chi connectivity index (χ1n) is 6.74. The summed E-state index contributed by atoms with van der Waals surface area (Å²) in [5.74, 6) is 2.45. The molecule has 112 valence electrons. The Labute approximate surface area is 128 Å². The highest BCUT2D eigenvalue weighted by atomic mass is 32.1. The van der Waals surface area contributed by atoms with Crippen LogP contribution in [0.4, 0.5) is 0 Å². The quantitative estimate of drug-likeness (QED) is 0.750. The van der Waals surface area contributed by atoms with Gasteiger partial charge in [-0.15, -0.1) is 23.7 Å². The van der Waals surface area contributed by atoms with Crippen molar-refractivity contribution in [1.82, 2.24) is 10.3 Å². The molecule has 6 nitrogen and oxygen atoms in total. The molecule has 7 heteroatoms. The number of methoxy groups -OCH3 is 1. The average molecular weight is 306 g/mol. The summed E-state index contributed by atoms with van der Waals surface area (Å²) in [4.78, 5) is 16.8. The van der Waals surface area contributed by atoms with Crippen LogP contribution in [0.3, 0.4) is 0 Å². The highest BCUT2D eigenvalue weighted by Gasteiger charge is 2.38. The fourth-order valence-electron chi connectivity index (χ4n) is 1.81. The normalized spacial score (nSPS) is 16.2. The lowest BCUT2D eigenvalue weighted by Gasteiger charge is -2.09. The molecule has 1 amide bonds. The van der Waals surface area contributed by atoms with Gasteiger partial charge in [0, 0.05) is 32.9 Å². The Hall–Kier alpha value is -1.78. The maximum atomic E-state index is 12.0. The number of hydrogen-bond acceptors (Lipinski definition) is 6. The maximum Gasteiger partial charge on any atom is 0.263 e. The third-order valence-electron chi connectivity index (χ3n) is 3.31. The fourth-order valence-corrected chi connectivity index (χ4v) is 2.68. The summed E-state index contributed by atoms with van der Waals surface area (Å²) < 4.78 is 5.18. The Morgan fingerprint density at radius 3 is 2.95 bits per heavy atom. The number of ether oxygens (including phenoxy) is 1. The number of carbonyl (C=O) groups is 1. The third kappa shape index (κ3) is 4.09. The molecular weight excluding hydrogens is 288 g/mol. The van der Waals surface area contributed by atoms with E-state index in [9.17, 15) is 4.79 Å². The van der Waals surface area contributed by atoms with Crippen LogP contribution in [0.2, 0.25) is 0 Å². The summed E-state index contributed by atoms with van der Waals surface area (Å²) in [7, 11) is 1.62. The van der Waals surface area contributed by atoms with E-state index in [0.29, 0.717) is 24.3 Å². The van der Waals surface area contributed by atoms with Gasteiger partial charge in [0.25, 0.3) is 5.91 Å². The molecular formula is C14H18N4O2S. The van der Waals surface area contributed by atoms with Crippen molar-refractivity contribution in [3.63, 3.8) is 0 Å². The van der Waals surface area contributed by atoms with E-state index in [2.05, 4.69) is 26.4 Å². The van der Waals surface area contributed by atoms with Gasteiger partial charge in [0.05, 0.1) is 6.20 Å². The first-order chi connectivity index (χ1) is 10.1. The van der Waals surface area contributed by atoms with E-state index in [4.69, 9.17) is 11.2 Å². The molecule has 1 N–H and O–H groups in total. The van der Waals surface area contributed by atoms with Crippen molar-refractivity contribution < 1.29 is 9.53 Å². The number of terminal acetylenes is 1. The number of thiazole rings is 1. The zero-order valence-corrected chi connectivity index (χ0v) is 12.9. The summed E-state index contributed by atoms with van der Waals surface area (Å²) in [6, 6.07) is 0. The molecule has 1 aliphatic heterocycles. The van der Waals surface area contributed by atoms with Crippen LogP contribution < -0.4 is 5.32 Å². The van der Waals surface area contributed by atoms with E-state index in [1.54, 1.807) is 13.3 Å². The highest BCUT2D eigenvalue weighted by molar-refractivity contribution is 7.13. The predicted octanol–water partition coefficient (Wildman–Crippen LogP) is 2.55. The van der Waals surface area contributed by atoms with Crippen molar-refractivity contribution in [3.05, 3.63) is 16.1 Å². The van der Waals surface area contributed by atoms with Gasteiger partial charge in [-0.25, -0.2) is 4.98 Å². The van der Waals surface area contributed by atoms with E-state index in [1.807, 2.05) is 6.92 Å². The van der Waals surface area contributed by atoms with Crippen molar-refractivity contribution in [2.45, 2.75) is 38.0 Å². The second kappa shape index (κ2) is 6.78. The van der Waals surface area contributed by atoms with Crippen LogP contribution >= 0.6 is 11.3 Å². The van der Waals surface area contributed by atoms with Crippen LogP contribution in [0.15, 0.2) is 16.4 Å². The van der Waals surface area contributed by atoms with Crippen LogP contribution in [0.25, 0.3) is 0 Å². The Morgan fingerprint density at radius 2 is 2.33 bits per heavy atom. The third-order valence-corrected chi connectivity index (χ3v) is 4.47. The minimum atomic E-state index is -0.358. The lowest BCUT2D eigenvalue weighted by Crippen LogP contribution is -2.27. The number of carbonyl (C=O) groups excluding carboxylic acids is 1. The van der Waals surface area contributed by atoms with Gasteiger partial charge in [-0.2, -0.15) is 10.2 Å². The van der Waals surface area contributed by atoms with Gasteiger partial charge in [-0.05, 0) is 6.92 Å². The van der Waals surface area contributed by atoms with E-state index in [-0.39, 0.29) is 17.7 Å². The Morgan fingerprint density at radius 1 is 1.57 bits per heavy atom. The second-order valence-electron chi connectivity index (χ2n) is 4.83. The fraction of sp³-hybridized carbons (Fsp3) is 0.571. The number of nitrogens with one attached hydrogen (secondary N) is 1. The summed E-state index contributed by atoms with van der Waals surface area (Å²) in [5, 5.41) is 11.7. The minimum absolute atomic E-state index is 0.104. The molecule has 0 saturated carbocycles. The van der Waals surface area contributed by atoms with Gasteiger partial charge in [0.2, 0.25) is 0 Å². The molecule has 0 bridgehead atoms. The lowest BCUT2D eigenvalue weighted by molar-refractivity contribution is 0.0955. The van der Waals surface area contributed by atoms with Crippen LogP contribution in [0.5, 0.6) is 0 Å². The van der Waals surface area contributed by atoms with Crippen LogP contribution in [0, 0.1) is 12.3 Å². The van der Waals surface area contributed by atoms with Gasteiger partial charge in [0.1, 0.15) is 16.0 Å². The molecule has 2 heterocycles. The van der Waals surface area contributed by atoms with E-state index < -0.39 is 0 Å². The summed E-state index contributed by atoms with van der Waals surface area (Å²) in [6.07, 6.45) is 8.78. The molecule has 0 radical (unpaired) electrons. The number of nitrogens with zero attached hydrogens (tertiary/aromatic N) is 3. The van der Waals surface area contributed by atoms with Crippen molar-refractivity contribution in [2.75, 3.05) is 13.7 Å². The molecule has 0 aromatic carbocycles. The van der Waals surface area contributed by atoms with Crippen molar-refractivity contribution in [3.8, 4) is 12.3 Å². The Balaban J connectivity index is 1.77. The summed E-state index contributed by atoms with van der Waals surface area (Å²) in [5.41, 5.74) is -0.358. The van der Waals surface area contributed by atoms with Crippen molar-refractivity contribution in [2.24, 2.45) is 10.2 Å². The molecule has 1 aromatic heterocycles. The van der Waals surface area contributed by atoms with Gasteiger partial charge < -0.3 is 10.1 Å². The second-order valence-corrected chi connectivity index (χ2v) is 5.90. The predicted molar refractivity (Wildman–Crippen MR) is 80.1 cm³/mol. The van der Waals surface area contributed by atoms with Gasteiger partial charge in [0.15, 0.2) is 5.66 Å². The van der Waals surface area contributed by atoms with Crippen LogP contribution in [0.1, 0.15) is 47.0 Å². The highest BCUT2D eigenvalue weighted by Crippen LogP contribution is 2.36. The first-order valence-corrected chi connectivity index (χ1v) is 7.56. The maximum absolute atomic E-state index is 12.0. The van der Waals surface area contributed by atoms with Crippen molar-refractivity contribution in [1.29, 1.82) is 0 Å². The SMILES string of the molecule is C#CCCC1(CCNC(=O)c2cnc(C(C)OC)s2)N=N1. The molecule has 1 aliphatic rings. The van der Waals surface area contributed by atoms with Gasteiger partial charge in [-0.1, -0.05) is 0 Å². The minimum Gasteiger partial charge on any atom is -0.375 e. The van der Waals surface area contributed by atoms with Gasteiger partial charge >= 0.3 is 0 Å². The molecule has 0 fully saturated rings. The van der Waals surface area contributed by atoms with Gasteiger partial charge in [-0.3, -0.25) is 4.79 Å². The molecule has 1 unspecified atom stereocenters. The zero-order chi connectivity index (χ0) is 15.3. The van der Waals surface area contributed by atoms with Crippen LogP contribution in [-0.2, 0) is 4.74 Å². The molecule has 1 aromatic rings. The average Bonchev–Trinajstić information content (AvgIpc) is 3.08. The zero-order valence-electron chi connectivity index (χ0n) is 12.1. The first kappa shape index (κ1) is 15.6. The number of hydrogen-bond donors (Lipinski definition) is 1. The number of aromatic nitrogens is 1. The Kier molecular flexibility index (Phi) is 5.04. The number of rotatable bonds is 8. The molecule has 1 atom stereocenters. The van der Waals surface area contributed by atoms with E-state index >= 15 is 0 Å². The standard InChI is InChI=1S/C14H18N4O2S/c1-4-5-6-14(17-18-14)7-8-15-12(19)11-9-16-13(21-11)10(2)20-3/h1,9-10H,5-8H2,2-3H3,(H,15,19). The molecule has 0 aliphatic carbocycles. The van der Waals surface area contributed by atoms with Crippen LogP contribution in [-0.4, -0.2) is 30.2 Å². The number of amides is 1. The topological polar surface area (TPSA) is 75.9 Å². The summed E-state index contributed by atoms with van der Waals surface area (Å²) in [6.45, 7) is 2.41. The smallest absolute Gasteiger partial charge is 0.263 e. The molecule has 2 rings (SSSR count). The van der Waals surface area contributed by atoms with E-state index in [0.717, 1.165) is 11.4 Å².